The van der Waals surface area contributed by atoms with Crippen LogP contribution in [0.4, 0.5) is 0 Å². The van der Waals surface area contributed by atoms with E-state index < -0.39 is 16.0 Å². The molecule has 0 fully saturated rings. The summed E-state index contributed by atoms with van der Waals surface area (Å²) in [6, 6.07) is 4.63. The molecule has 0 saturated carbocycles. The number of aliphatic carboxylic acids is 1. The fourth-order valence-electron chi connectivity index (χ4n) is 1.76. The van der Waals surface area contributed by atoms with Gasteiger partial charge in [0, 0.05) is 20.0 Å². The summed E-state index contributed by atoms with van der Waals surface area (Å²) in [6.07, 6.45) is 0.224. The molecule has 6 nitrogen and oxygen atoms in total. The summed E-state index contributed by atoms with van der Waals surface area (Å²) in [5, 5.41) is 8.56. The summed E-state index contributed by atoms with van der Waals surface area (Å²) in [5.74, 6) is -0.312. The van der Waals surface area contributed by atoms with Gasteiger partial charge in [0.1, 0.15) is 5.75 Å². The van der Waals surface area contributed by atoms with Gasteiger partial charge < -0.3 is 9.84 Å². The van der Waals surface area contributed by atoms with E-state index in [-0.39, 0.29) is 24.3 Å². The second kappa shape index (κ2) is 6.71. The monoisotopic (exact) mass is 301 g/mol. The molecule has 0 amide bonds. The van der Waals surface area contributed by atoms with E-state index in [0.717, 1.165) is 9.87 Å². The maximum atomic E-state index is 12.3. The van der Waals surface area contributed by atoms with Crippen LogP contribution in [0.2, 0.25) is 0 Å². The van der Waals surface area contributed by atoms with Crippen LogP contribution in [0.1, 0.15) is 18.4 Å². The molecule has 0 saturated heterocycles. The number of carboxylic acid groups (broad SMARTS) is 1. The van der Waals surface area contributed by atoms with E-state index in [1.165, 1.54) is 20.2 Å². The maximum absolute atomic E-state index is 12.3. The summed E-state index contributed by atoms with van der Waals surface area (Å²) in [7, 11) is -0.636. The predicted molar refractivity (Wildman–Crippen MR) is 74.4 cm³/mol. The van der Waals surface area contributed by atoms with Crippen molar-refractivity contribution in [1.82, 2.24) is 4.31 Å². The van der Waals surface area contributed by atoms with Crippen LogP contribution in [0, 0.1) is 6.92 Å². The van der Waals surface area contributed by atoms with Crippen LogP contribution in [-0.4, -0.2) is 44.5 Å². The van der Waals surface area contributed by atoms with Gasteiger partial charge in [-0.3, -0.25) is 4.79 Å². The third-order valence-corrected chi connectivity index (χ3v) is 4.79. The largest absolute Gasteiger partial charge is 0.496 e. The molecule has 0 aliphatic carbocycles. The standard InChI is InChI=1S/C13H19NO5S/c1-10-9-11(6-7-12(10)19-3)20(17,18)14(2)8-4-5-13(15)16/h6-7,9H,4-5,8H2,1-3H3,(H,15,16). The number of methoxy groups -OCH3 is 1. The molecule has 20 heavy (non-hydrogen) atoms. The Kier molecular flexibility index (Phi) is 5.52. The van der Waals surface area contributed by atoms with Crippen LogP contribution in [0.5, 0.6) is 5.75 Å². The van der Waals surface area contributed by atoms with Crippen LogP contribution >= 0.6 is 0 Å². The Morgan fingerprint density at radius 3 is 2.55 bits per heavy atom. The zero-order chi connectivity index (χ0) is 15.3. The molecule has 1 aromatic rings. The Labute approximate surface area is 119 Å². The van der Waals surface area contributed by atoms with Crippen LogP contribution < -0.4 is 4.74 Å². The minimum atomic E-state index is -3.60. The molecule has 0 heterocycles. The number of carbonyl (C=O) groups is 1. The predicted octanol–water partition coefficient (Wildman–Crippen LogP) is 1.49. The summed E-state index contributed by atoms with van der Waals surface area (Å²) in [6.45, 7) is 1.93. The number of nitrogens with zero attached hydrogens (tertiary/aromatic N) is 1. The van der Waals surface area contributed by atoms with Crippen molar-refractivity contribution in [3.05, 3.63) is 23.8 Å². The highest BCUT2D eigenvalue weighted by Crippen LogP contribution is 2.23. The average Bonchev–Trinajstić information content (AvgIpc) is 2.37. The molecule has 0 aliphatic rings. The first-order valence-corrected chi connectivity index (χ1v) is 7.56. The number of hydrogen-bond donors (Lipinski definition) is 1. The molecule has 1 rings (SSSR count). The molecule has 0 unspecified atom stereocenters. The van der Waals surface area contributed by atoms with Crippen molar-refractivity contribution in [2.45, 2.75) is 24.7 Å². The molecular formula is C13H19NO5S. The Morgan fingerprint density at radius 2 is 2.05 bits per heavy atom. The highest BCUT2D eigenvalue weighted by atomic mass is 32.2. The number of benzene rings is 1. The molecular weight excluding hydrogens is 282 g/mol. The van der Waals surface area contributed by atoms with E-state index in [4.69, 9.17) is 9.84 Å². The maximum Gasteiger partial charge on any atom is 0.303 e. The van der Waals surface area contributed by atoms with Crippen molar-refractivity contribution in [2.24, 2.45) is 0 Å². The average molecular weight is 301 g/mol. The van der Waals surface area contributed by atoms with Crippen molar-refractivity contribution in [2.75, 3.05) is 20.7 Å². The van der Waals surface area contributed by atoms with E-state index in [9.17, 15) is 13.2 Å². The molecule has 1 aromatic carbocycles. The van der Waals surface area contributed by atoms with Gasteiger partial charge in [-0.15, -0.1) is 0 Å². The summed E-state index contributed by atoms with van der Waals surface area (Å²) < 4.78 is 30.8. The number of sulfonamides is 1. The van der Waals surface area contributed by atoms with Gasteiger partial charge in [-0.25, -0.2) is 12.7 Å². The molecule has 0 aromatic heterocycles. The fourth-order valence-corrected chi connectivity index (χ4v) is 3.06. The van der Waals surface area contributed by atoms with Gasteiger partial charge in [-0.1, -0.05) is 0 Å². The number of carboxylic acids is 1. The normalized spacial score (nSPS) is 11.6. The summed E-state index contributed by atoms with van der Waals surface area (Å²) in [5.41, 5.74) is 0.729. The second-order valence-electron chi connectivity index (χ2n) is 4.46. The third kappa shape index (κ3) is 3.94. The van der Waals surface area contributed by atoms with Gasteiger partial charge in [0.15, 0.2) is 0 Å². The molecule has 112 valence electrons. The molecule has 0 spiro atoms. The highest BCUT2D eigenvalue weighted by molar-refractivity contribution is 7.89. The Morgan fingerprint density at radius 1 is 1.40 bits per heavy atom. The lowest BCUT2D eigenvalue weighted by molar-refractivity contribution is -0.137. The highest BCUT2D eigenvalue weighted by Gasteiger charge is 2.21. The van der Waals surface area contributed by atoms with E-state index in [2.05, 4.69) is 0 Å². The zero-order valence-corrected chi connectivity index (χ0v) is 12.6. The molecule has 0 atom stereocenters. The van der Waals surface area contributed by atoms with E-state index >= 15 is 0 Å². The van der Waals surface area contributed by atoms with Gasteiger partial charge in [0.05, 0.1) is 12.0 Å². The topological polar surface area (TPSA) is 83.9 Å². The first-order valence-electron chi connectivity index (χ1n) is 6.12. The first kappa shape index (κ1) is 16.5. The minimum Gasteiger partial charge on any atom is -0.496 e. The lowest BCUT2D eigenvalue weighted by Gasteiger charge is -2.17. The van der Waals surface area contributed by atoms with E-state index in [1.807, 2.05) is 0 Å². The third-order valence-electron chi connectivity index (χ3n) is 2.94. The van der Waals surface area contributed by atoms with E-state index in [1.54, 1.807) is 19.1 Å². The number of ether oxygens (including phenoxy) is 1. The first-order chi connectivity index (χ1) is 9.28. The smallest absolute Gasteiger partial charge is 0.303 e. The van der Waals surface area contributed by atoms with Gasteiger partial charge >= 0.3 is 5.97 Å². The van der Waals surface area contributed by atoms with Crippen molar-refractivity contribution in [3.63, 3.8) is 0 Å². The minimum absolute atomic E-state index is 0.0541. The number of hydrogen-bond acceptors (Lipinski definition) is 4. The molecule has 0 radical (unpaired) electrons. The number of aryl methyl sites for hydroxylation is 1. The quantitative estimate of drug-likeness (QED) is 0.825. The van der Waals surface area contributed by atoms with Gasteiger partial charge in [-0.05, 0) is 37.1 Å². The molecule has 1 N–H and O–H groups in total. The van der Waals surface area contributed by atoms with Crippen molar-refractivity contribution in [1.29, 1.82) is 0 Å². The molecule has 7 heteroatoms. The molecule has 0 bridgehead atoms. The van der Waals surface area contributed by atoms with Crippen LogP contribution in [-0.2, 0) is 14.8 Å². The van der Waals surface area contributed by atoms with Gasteiger partial charge in [-0.2, -0.15) is 0 Å². The Bertz CT molecular complexity index is 582. The van der Waals surface area contributed by atoms with Crippen molar-refractivity contribution < 1.29 is 23.1 Å². The SMILES string of the molecule is COc1ccc(S(=O)(=O)N(C)CCCC(=O)O)cc1C. The molecule has 0 aliphatic heterocycles. The number of rotatable bonds is 7. The summed E-state index contributed by atoms with van der Waals surface area (Å²) in [4.78, 5) is 10.6. The lowest BCUT2D eigenvalue weighted by atomic mass is 10.2. The summed E-state index contributed by atoms with van der Waals surface area (Å²) >= 11 is 0. The fraction of sp³-hybridized carbons (Fsp3) is 0.462. The van der Waals surface area contributed by atoms with Crippen molar-refractivity contribution in [3.8, 4) is 5.75 Å². The van der Waals surface area contributed by atoms with Crippen LogP contribution in [0.25, 0.3) is 0 Å². The van der Waals surface area contributed by atoms with Crippen LogP contribution in [0.3, 0.4) is 0 Å². The van der Waals surface area contributed by atoms with Crippen LogP contribution in [0.15, 0.2) is 23.1 Å². The van der Waals surface area contributed by atoms with Gasteiger partial charge in [0.2, 0.25) is 10.0 Å². The second-order valence-corrected chi connectivity index (χ2v) is 6.50. The van der Waals surface area contributed by atoms with Gasteiger partial charge in [0.25, 0.3) is 0 Å². The Balaban J connectivity index is 2.87. The Hall–Kier alpha value is -1.60. The zero-order valence-electron chi connectivity index (χ0n) is 11.8. The van der Waals surface area contributed by atoms with Crippen molar-refractivity contribution >= 4 is 16.0 Å². The lowest BCUT2D eigenvalue weighted by Crippen LogP contribution is -2.28. The van der Waals surface area contributed by atoms with E-state index in [0.29, 0.717) is 5.75 Å².